The molecule has 5 nitrogen and oxygen atoms in total. The van der Waals surface area contributed by atoms with E-state index >= 15 is 0 Å². The maximum atomic E-state index is 12.2. The Kier molecular flexibility index (Phi) is 37.5. The van der Waals surface area contributed by atoms with Gasteiger partial charge < -0.3 is 14.6 Å². The first kappa shape index (κ1) is 45.9. The lowest BCUT2D eigenvalue weighted by Crippen LogP contribution is -2.28. The normalized spacial score (nSPS) is 12.6. The summed E-state index contributed by atoms with van der Waals surface area (Å²) in [6.45, 7) is 4.07. The van der Waals surface area contributed by atoms with Crippen LogP contribution in [0.1, 0.15) is 194 Å². The lowest BCUT2D eigenvalue weighted by molar-refractivity contribution is -0.161. The van der Waals surface area contributed by atoms with E-state index in [1.165, 1.54) is 109 Å². The number of carbonyl (C=O) groups excluding carboxylic acids is 2. The highest BCUT2D eigenvalue weighted by Crippen LogP contribution is 2.13. The summed E-state index contributed by atoms with van der Waals surface area (Å²) in [4.78, 5) is 24.3. The average Bonchev–Trinajstić information content (AvgIpc) is 3.09. The molecule has 1 atom stereocenters. The molecular weight excluding hydrogens is 596 g/mol. The van der Waals surface area contributed by atoms with Crippen LogP contribution in [0.2, 0.25) is 0 Å². The summed E-state index contributed by atoms with van der Waals surface area (Å²) < 4.78 is 10.6. The number of ether oxygens (including phenoxy) is 2. The Morgan fingerprint density at radius 2 is 0.833 bits per heavy atom. The number of hydrogen-bond donors (Lipinski definition) is 1. The van der Waals surface area contributed by atoms with Crippen molar-refractivity contribution in [1.82, 2.24) is 0 Å². The largest absolute Gasteiger partial charge is 0.462 e. The van der Waals surface area contributed by atoms with Gasteiger partial charge in [0, 0.05) is 12.8 Å². The van der Waals surface area contributed by atoms with E-state index in [0.717, 1.165) is 57.8 Å². The number of unbranched alkanes of at least 4 members (excludes halogenated alkanes) is 20. The highest BCUT2D eigenvalue weighted by molar-refractivity contribution is 5.70. The molecule has 0 rings (SSSR count). The van der Waals surface area contributed by atoms with Gasteiger partial charge in [0.1, 0.15) is 6.61 Å². The Bertz CT molecular complexity index is 812. The Morgan fingerprint density at radius 3 is 1.23 bits per heavy atom. The van der Waals surface area contributed by atoms with Gasteiger partial charge in [-0.3, -0.25) is 9.59 Å². The fraction of sp³-hybridized carbons (Fsp3) is 0.767. The number of hydrogen-bond acceptors (Lipinski definition) is 5. The summed E-state index contributed by atoms with van der Waals surface area (Å²) >= 11 is 0. The smallest absolute Gasteiger partial charge is 0.306 e. The number of aliphatic hydroxyl groups excluding tert-OH is 1. The van der Waals surface area contributed by atoms with Crippen LogP contribution in [0.5, 0.6) is 0 Å². The molecule has 0 aromatic carbocycles. The second-order valence-electron chi connectivity index (χ2n) is 13.4. The van der Waals surface area contributed by atoms with Gasteiger partial charge >= 0.3 is 11.9 Å². The van der Waals surface area contributed by atoms with Crippen LogP contribution < -0.4 is 0 Å². The summed E-state index contributed by atoms with van der Waals surface area (Å²) in [5.74, 6) is -0.612. The third-order valence-electron chi connectivity index (χ3n) is 8.60. The second-order valence-corrected chi connectivity index (χ2v) is 13.4. The minimum atomic E-state index is -0.779. The molecule has 0 aliphatic heterocycles. The zero-order valence-electron chi connectivity index (χ0n) is 31.5. The van der Waals surface area contributed by atoms with Gasteiger partial charge in [-0.2, -0.15) is 0 Å². The molecule has 0 unspecified atom stereocenters. The topological polar surface area (TPSA) is 72.8 Å². The van der Waals surface area contributed by atoms with Crippen LogP contribution in [0.15, 0.2) is 48.6 Å². The van der Waals surface area contributed by atoms with Crippen LogP contribution >= 0.6 is 0 Å². The molecule has 0 amide bonds. The Morgan fingerprint density at radius 1 is 0.479 bits per heavy atom. The van der Waals surface area contributed by atoms with E-state index in [1.807, 2.05) is 0 Å². The summed E-state index contributed by atoms with van der Waals surface area (Å²) in [6.07, 6.45) is 48.8. The van der Waals surface area contributed by atoms with Crippen molar-refractivity contribution in [3.63, 3.8) is 0 Å². The summed E-state index contributed by atoms with van der Waals surface area (Å²) in [5.41, 5.74) is 0. The summed E-state index contributed by atoms with van der Waals surface area (Å²) in [7, 11) is 0. The molecule has 0 saturated heterocycles. The van der Waals surface area contributed by atoms with Crippen molar-refractivity contribution in [1.29, 1.82) is 0 Å². The first-order valence-electron chi connectivity index (χ1n) is 20.2. The van der Waals surface area contributed by atoms with Crippen molar-refractivity contribution >= 4 is 11.9 Å². The molecule has 0 fully saturated rings. The van der Waals surface area contributed by atoms with Gasteiger partial charge in [-0.1, -0.05) is 152 Å². The minimum absolute atomic E-state index is 0.0752. The van der Waals surface area contributed by atoms with Crippen LogP contribution in [0.25, 0.3) is 0 Å². The monoisotopic (exact) mass is 673 g/mol. The third-order valence-corrected chi connectivity index (χ3v) is 8.60. The third kappa shape index (κ3) is 36.7. The van der Waals surface area contributed by atoms with Gasteiger partial charge in [0.15, 0.2) is 6.10 Å². The van der Waals surface area contributed by atoms with Crippen molar-refractivity contribution < 1.29 is 24.2 Å². The molecule has 5 heteroatoms. The van der Waals surface area contributed by atoms with Crippen molar-refractivity contribution in [3.8, 4) is 0 Å². The quantitative estimate of drug-likeness (QED) is 0.0407. The number of esters is 2. The molecule has 1 N–H and O–H groups in total. The maximum absolute atomic E-state index is 12.2. The van der Waals surface area contributed by atoms with Gasteiger partial charge in [-0.15, -0.1) is 0 Å². The van der Waals surface area contributed by atoms with Gasteiger partial charge in [0.2, 0.25) is 0 Å². The van der Waals surface area contributed by atoms with Crippen LogP contribution in [0.3, 0.4) is 0 Å². The molecule has 0 aromatic rings. The first-order valence-corrected chi connectivity index (χ1v) is 20.2. The fourth-order valence-corrected chi connectivity index (χ4v) is 5.50. The molecular formula is C43H76O5. The highest BCUT2D eigenvalue weighted by atomic mass is 16.6. The molecule has 278 valence electrons. The second kappa shape index (κ2) is 39.3. The number of carbonyl (C=O) groups is 2. The Balaban J connectivity index is 3.58. The predicted molar refractivity (Wildman–Crippen MR) is 205 cm³/mol. The van der Waals surface area contributed by atoms with E-state index in [0.29, 0.717) is 12.8 Å². The molecule has 48 heavy (non-hydrogen) atoms. The molecule has 0 saturated carbocycles. The minimum Gasteiger partial charge on any atom is -0.462 e. The standard InChI is InChI=1S/C43H76O5/c1-3-5-7-9-11-13-15-17-19-20-21-22-24-26-28-30-32-34-36-38-43(46)48-41(39-44)40-47-42(45)37-35-33-31-29-27-25-23-18-16-14-12-10-8-6-4-2/h11-14,17-19,23,41,44H,3-10,15-16,20-22,24-40H2,1-2H3/b13-11-,14-12-,19-17-,23-18-/t41-/m0/s1. The molecule has 0 aliphatic rings. The number of allylic oxidation sites excluding steroid dienone is 8. The average molecular weight is 673 g/mol. The van der Waals surface area contributed by atoms with Crippen molar-refractivity contribution in [2.24, 2.45) is 0 Å². The SMILES string of the molecule is CCCCC/C=C\C/C=C\CCCCCCCCCCCC(=O)O[C@@H](CO)COC(=O)CCCCCCC/C=C\C/C=C\CCCCC. The number of rotatable bonds is 36. The highest BCUT2D eigenvalue weighted by Gasteiger charge is 2.16. The fourth-order valence-electron chi connectivity index (χ4n) is 5.50. The first-order chi connectivity index (χ1) is 23.6. The van der Waals surface area contributed by atoms with Crippen molar-refractivity contribution in [2.75, 3.05) is 13.2 Å². The van der Waals surface area contributed by atoms with Crippen LogP contribution in [0, 0.1) is 0 Å². The maximum Gasteiger partial charge on any atom is 0.306 e. The molecule has 0 bridgehead atoms. The number of aliphatic hydroxyl groups is 1. The van der Waals surface area contributed by atoms with Crippen molar-refractivity contribution in [2.45, 2.75) is 200 Å². The molecule has 0 aliphatic carbocycles. The van der Waals surface area contributed by atoms with E-state index < -0.39 is 6.10 Å². The van der Waals surface area contributed by atoms with Gasteiger partial charge in [-0.05, 0) is 77.0 Å². The molecule has 0 spiro atoms. The Hall–Kier alpha value is -2.14. The lowest BCUT2D eigenvalue weighted by Gasteiger charge is -2.15. The predicted octanol–water partition coefficient (Wildman–Crippen LogP) is 12.6. The molecule has 0 radical (unpaired) electrons. The van der Waals surface area contributed by atoms with Crippen molar-refractivity contribution in [3.05, 3.63) is 48.6 Å². The van der Waals surface area contributed by atoms with E-state index in [-0.39, 0.29) is 25.2 Å². The van der Waals surface area contributed by atoms with E-state index in [9.17, 15) is 14.7 Å². The van der Waals surface area contributed by atoms with Crippen LogP contribution in [0.4, 0.5) is 0 Å². The molecule has 0 heterocycles. The van der Waals surface area contributed by atoms with Crippen LogP contribution in [-0.2, 0) is 19.1 Å². The van der Waals surface area contributed by atoms with Crippen LogP contribution in [-0.4, -0.2) is 36.4 Å². The van der Waals surface area contributed by atoms with E-state index in [2.05, 4.69) is 62.5 Å². The lowest BCUT2D eigenvalue weighted by atomic mass is 10.1. The van der Waals surface area contributed by atoms with Gasteiger partial charge in [0.05, 0.1) is 6.61 Å². The summed E-state index contributed by atoms with van der Waals surface area (Å²) in [5, 5.41) is 9.56. The van der Waals surface area contributed by atoms with E-state index in [1.54, 1.807) is 0 Å². The molecule has 0 aromatic heterocycles. The van der Waals surface area contributed by atoms with E-state index in [4.69, 9.17) is 9.47 Å². The zero-order chi connectivity index (χ0) is 35.0. The van der Waals surface area contributed by atoms with Gasteiger partial charge in [-0.25, -0.2) is 0 Å². The Labute approximate surface area is 297 Å². The zero-order valence-corrected chi connectivity index (χ0v) is 31.5. The van der Waals surface area contributed by atoms with Gasteiger partial charge in [0.25, 0.3) is 0 Å². The summed E-state index contributed by atoms with van der Waals surface area (Å²) in [6, 6.07) is 0.